The maximum atomic E-state index is 12.8. The van der Waals surface area contributed by atoms with Gasteiger partial charge in [0.05, 0.1) is 25.4 Å². The first kappa shape index (κ1) is 29.4. The normalized spacial score (nSPS) is 12.0. The van der Waals surface area contributed by atoms with Crippen molar-refractivity contribution in [1.29, 1.82) is 0 Å². The fraction of sp³-hybridized carbons (Fsp3) is 0.500. The first-order chi connectivity index (χ1) is 17.2. The molecule has 0 fully saturated rings. The summed E-state index contributed by atoms with van der Waals surface area (Å²) in [6.45, 7) is 3.52. The number of thiophene rings is 1. The van der Waals surface area contributed by atoms with Crippen LogP contribution in [0, 0.1) is 0 Å². The van der Waals surface area contributed by atoms with Gasteiger partial charge >= 0.3 is 12.1 Å². The first-order valence-electron chi connectivity index (χ1n) is 11.7. The molecule has 1 aromatic heterocycles. The molecule has 12 heteroatoms. The van der Waals surface area contributed by atoms with Crippen LogP contribution in [-0.2, 0) is 32.6 Å². The standard InChI is InChI=1S/C24H36N4O6S2/c1-4-5-9-21(18-34-24(30)28(12-13-33-2)17-22-11-7-14-35-22)26-23(29)25-16-19-8-6-10-20(15-19)27-36(3,31)32/h6-8,10-11,14-15,21,27H,4-5,9,12-13,16-18H2,1-3H3,(H2,25,26,29). The highest BCUT2D eigenvalue weighted by Gasteiger charge is 2.19. The van der Waals surface area contributed by atoms with Crippen molar-refractivity contribution in [2.24, 2.45) is 0 Å². The number of nitrogens with zero attached hydrogens (tertiary/aromatic N) is 1. The van der Waals surface area contributed by atoms with Crippen molar-refractivity contribution >= 4 is 39.2 Å². The molecule has 0 bridgehead atoms. The molecule has 200 valence electrons. The highest BCUT2D eigenvalue weighted by molar-refractivity contribution is 7.92. The second-order valence-corrected chi connectivity index (χ2v) is 11.1. The summed E-state index contributed by atoms with van der Waals surface area (Å²) in [6.07, 6.45) is 3.08. The Bertz CT molecular complexity index is 1050. The molecule has 0 spiro atoms. The Morgan fingerprint density at radius 1 is 1.19 bits per heavy atom. The molecule has 0 saturated carbocycles. The number of hydrogen-bond acceptors (Lipinski definition) is 7. The summed E-state index contributed by atoms with van der Waals surface area (Å²) >= 11 is 1.56. The van der Waals surface area contributed by atoms with Crippen LogP contribution in [0.2, 0.25) is 0 Å². The summed E-state index contributed by atoms with van der Waals surface area (Å²) in [5, 5.41) is 7.60. The molecule has 3 N–H and O–H groups in total. The number of sulfonamides is 1. The molecule has 1 atom stereocenters. The van der Waals surface area contributed by atoms with Crippen molar-refractivity contribution < 1.29 is 27.5 Å². The third kappa shape index (κ3) is 11.7. The van der Waals surface area contributed by atoms with Crippen LogP contribution in [0.25, 0.3) is 0 Å². The molecule has 1 unspecified atom stereocenters. The van der Waals surface area contributed by atoms with E-state index >= 15 is 0 Å². The maximum Gasteiger partial charge on any atom is 0.410 e. The van der Waals surface area contributed by atoms with Crippen molar-refractivity contribution in [3.63, 3.8) is 0 Å². The fourth-order valence-electron chi connectivity index (χ4n) is 3.32. The Morgan fingerprint density at radius 2 is 2.00 bits per heavy atom. The lowest BCUT2D eigenvalue weighted by Gasteiger charge is -2.24. The van der Waals surface area contributed by atoms with Gasteiger partial charge in [-0.3, -0.25) is 4.72 Å². The number of carbonyl (C=O) groups excluding carboxylic acids is 2. The zero-order valence-electron chi connectivity index (χ0n) is 21.0. The number of amides is 3. The van der Waals surface area contributed by atoms with Crippen LogP contribution in [-0.4, -0.2) is 64.6 Å². The molecule has 1 aromatic carbocycles. The minimum atomic E-state index is -3.39. The third-order valence-corrected chi connectivity index (χ3v) is 6.55. The number of hydrogen-bond donors (Lipinski definition) is 3. The lowest BCUT2D eigenvalue weighted by atomic mass is 10.1. The van der Waals surface area contributed by atoms with Crippen molar-refractivity contribution in [3.05, 3.63) is 52.2 Å². The zero-order valence-corrected chi connectivity index (χ0v) is 22.6. The molecule has 2 rings (SSSR count). The van der Waals surface area contributed by atoms with Crippen LogP contribution >= 0.6 is 11.3 Å². The Morgan fingerprint density at radius 3 is 2.67 bits per heavy atom. The van der Waals surface area contributed by atoms with E-state index in [1.165, 1.54) is 0 Å². The summed E-state index contributed by atoms with van der Waals surface area (Å²) < 4.78 is 36.0. The van der Waals surface area contributed by atoms with Crippen LogP contribution in [0.4, 0.5) is 15.3 Å². The lowest BCUT2D eigenvalue weighted by molar-refractivity contribution is 0.0775. The van der Waals surface area contributed by atoms with Crippen molar-refractivity contribution in [3.8, 4) is 0 Å². The highest BCUT2D eigenvalue weighted by Crippen LogP contribution is 2.14. The van der Waals surface area contributed by atoms with Gasteiger partial charge in [-0.25, -0.2) is 18.0 Å². The van der Waals surface area contributed by atoms with Crippen LogP contribution in [0.1, 0.15) is 36.6 Å². The van der Waals surface area contributed by atoms with Gasteiger partial charge in [-0.05, 0) is 35.6 Å². The van der Waals surface area contributed by atoms with Crippen LogP contribution in [0.15, 0.2) is 41.8 Å². The molecule has 0 aliphatic carbocycles. The average Bonchev–Trinajstić information content (AvgIpc) is 3.34. The fourth-order valence-corrected chi connectivity index (χ4v) is 4.59. The molecule has 0 radical (unpaired) electrons. The average molecular weight is 541 g/mol. The van der Waals surface area contributed by atoms with E-state index in [4.69, 9.17) is 9.47 Å². The number of unbranched alkanes of at least 4 members (excludes halogenated alkanes) is 1. The summed E-state index contributed by atoms with van der Waals surface area (Å²) in [5.41, 5.74) is 1.16. The van der Waals surface area contributed by atoms with E-state index in [0.717, 1.165) is 29.5 Å². The topological polar surface area (TPSA) is 126 Å². The van der Waals surface area contributed by atoms with Crippen LogP contribution in [0.3, 0.4) is 0 Å². The number of carbonyl (C=O) groups is 2. The number of anilines is 1. The molecular formula is C24H36N4O6S2. The Hall–Kier alpha value is -2.83. The summed E-state index contributed by atoms with van der Waals surface area (Å²) in [4.78, 5) is 27.9. The molecule has 0 aliphatic heterocycles. The Labute approximate surface area is 217 Å². The van der Waals surface area contributed by atoms with Crippen molar-refractivity contribution in [2.75, 3.05) is 37.8 Å². The van der Waals surface area contributed by atoms with E-state index in [2.05, 4.69) is 15.4 Å². The Kier molecular flexibility index (Phi) is 12.5. The van der Waals surface area contributed by atoms with Crippen molar-refractivity contribution in [2.45, 2.75) is 45.3 Å². The summed E-state index contributed by atoms with van der Waals surface area (Å²) in [5.74, 6) is 0. The zero-order chi connectivity index (χ0) is 26.4. The number of ether oxygens (including phenoxy) is 2. The van der Waals surface area contributed by atoms with Gasteiger partial charge in [-0.15, -0.1) is 11.3 Å². The van der Waals surface area contributed by atoms with E-state index in [1.807, 2.05) is 24.4 Å². The van der Waals surface area contributed by atoms with Gasteiger partial charge < -0.3 is 25.0 Å². The predicted molar refractivity (Wildman–Crippen MR) is 142 cm³/mol. The van der Waals surface area contributed by atoms with E-state index < -0.39 is 22.1 Å². The molecule has 36 heavy (non-hydrogen) atoms. The number of methoxy groups -OCH3 is 1. The van der Waals surface area contributed by atoms with Crippen molar-refractivity contribution in [1.82, 2.24) is 15.5 Å². The molecule has 0 aliphatic rings. The smallest absolute Gasteiger partial charge is 0.410 e. The number of urea groups is 1. The molecule has 10 nitrogen and oxygen atoms in total. The summed E-state index contributed by atoms with van der Waals surface area (Å²) in [7, 11) is -1.81. The first-order valence-corrected chi connectivity index (χ1v) is 14.5. The third-order valence-electron chi connectivity index (χ3n) is 5.08. The van der Waals surface area contributed by atoms with Crippen LogP contribution < -0.4 is 15.4 Å². The van der Waals surface area contributed by atoms with Gasteiger partial charge in [-0.1, -0.05) is 38.0 Å². The lowest BCUT2D eigenvalue weighted by Crippen LogP contribution is -2.45. The number of rotatable bonds is 15. The molecule has 3 amide bonds. The maximum absolute atomic E-state index is 12.8. The Balaban J connectivity index is 1.90. The largest absolute Gasteiger partial charge is 0.447 e. The van der Waals surface area contributed by atoms with Gasteiger partial charge in [-0.2, -0.15) is 0 Å². The number of benzene rings is 1. The van der Waals surface area contributed by atoms with E-state index in [0.29, 0.717) is 31.8 Å². The van der Waals surface area contributed by atoms with E-state index in [9.17, 15) is 18.0 Å². The molecule has 0 saturated heterocycles. The van der Waals surface area contributed by atoms with Gasteiger partial charge in [0.25, 0.3) is 0 Å². The SMILES string of the molecule is CCCCC(COC(=O)N(CCOC)Cc1cccs1)NC(=O)NCc1cccc(NS(C)(=O)=O)c1. The minimum Gasteiger partial charge on any atom is -0.447 e. The molecule has 1 heterocycles. The molecular weight excluding hydrogens is 504 g/mol. The van der Waals surface area contributed by atoms with Gasteiger partial charge in [0, 0.05) is 30.8 Å². The van der Waals surface area contributed by atoms with E-state index in [-0.39, 0.29) is 19.2 Å². The quantitative estimate of drug-likeness (QED) is 0.316. The second kappa shape index (κ2) is 15.3. The highest BCUT2D eigenvalue weighted by atomic mass is 32.2. The van der Waals surface area contributed by atoms with Crippen LogP contribution in [0.5, 0.6) is 0 Å². The number of nitrogens with one attached hydrogen (secondary N) is 3. The summed E-state index contributed by atoms with van der Waals surface area (Å²) in [6, 6.07) is 9.92. The van der Waals surface area contributed by atoms with Gasteiger partial charge in [0.1, 0.15) is 6.61 Å². The van der Waals surface area contributed by atoms with Gasteiger partial charge in [0.15, 0.2) is 0 Å². The second-order valence-electron chi connectivity index (χ2n) is 8.31. The predicted octanol–water partition coefficient (Wildman–Crippen LogP) is 3.76. The molecule has 2 aromatic rings. The van der Waals surface area contributed by atoms with E-state index in [1.54, 1.807) is 47.6 Å². The monoisotopic (exact) mass is 540 g/mol. The minimum absolute atomic E-state index is 0.0495. The van der Waals surface area contributed by atoms with Gasteiger partial charge in [0.2, 0.25) is 10.0 Å².